The summed E-state index contributed by atoms with van der Waals surface area (Å²) in [5.41, 5.74) is 0.358. The Labute approximate surface area is 152 Å². The van der Waals surface area contributed by atoms with Gasteiger partial charge in [-0.1, -0.05) is 6.42 Å². The molecule has 2 aliphatic heterocycles. The molecule has 3 fully saturated rings. The van der Waals surface area contributed by atoms with E-state index in [1.54, 1.807) is 7.11 Å². The van der Waals surface area contributed by atoms with Gasteiger partial charge in [0.1, 0.15) is 6.10 Å². The van der Waals surface area contributed by atoms with E-state index in [1.807, 2.05) is 0 Å². The average Bonchev–Trinajstić information content (AvgIpc) is 3.14. The number of nitrogens with one attached hydrogen (secondary N) is 1. The summed E-state index contributed by atoms with van der Waals surface area (Å²) in [4.78, 5) is 7.39. The first-order chi connectivity index (χ1) is 12.3. The van der Waals surface area contributed by atoms with Crippen LogP contribution in [-0.2, 0) is 14.2 Å². The van der Waals surface area contributed by atoms with Gasteiger partial charge in [0.15, 0.2) is 5.96 Å². The first-order valence-corrected chi connectivity index (χ1v) is 10.0. The summed E-state index contributed by atoms with van der Waals surface area (Å²) in [7, 11) is 1.79. The van der Waals surface area contributed by atoms with Crippen molar-refractivity contribution in [2.24, 2.45) is 10.4 Å². The number of aliphatic imine (C=N–C) groups is 1. The molecule has 1 aliphatic carbocycles. The van der Waals surface area contributed by atoms with Crippen LogP contribution in [0.2, 0.25) is 0 Å². The maximum atomic E-state index is 5.99. The first-order valence-electron chi connectivity index (χ1n) is 10.0. The van der Waals surface area contributed by atoms with Gasteiger partial charge >= 0.3 is 0 Å². The van der Waals surface area contributed by atoms with Crippen molar-refractivity contribution in [2.45, 2.75) is 57.7 Å². The second-order valence-corrected chi connectivity index (χ2v) is 7.67. The summed E-state index contributed by atoms with van der Waals surface area (Å²) in [6, 6.07) is 0. The molecule has 0 spiro atoms. The Kier molecular flexibility index (Phi) is 6.96. The molecule has 3 rings (SSSR count). The molecule has 1 saturated carbocycles. The average molecular weight is 354 g/mol. The van der Waals surface area contributed by atoms with Crippen molar-refractivity contribution in [1.82, 2.24) is 10.2 Å². The van der Waals surface area contributed by atoms with E-state index in [0.29, 0.717) is 5.41 Å². The molecule has 0 aromatic carbocycles. The van der Waals surface area contributed by atoms with E-state index in [4.69, 9.17) is 19.2 Å². The topological polar surface area (TPSA) is 55.3 Å². The van der Waals surface area contributed by atoms with E-state index >= 15 is 0 Å². The second-order valence-electron chi connectivity index (χ2n) is 7.67. The maximum absolute atomic E-state index is 5.99. The summed E-state index contributed by atoms with van der Waals surface area (Å²) >= 11 is 0. The van der Waals surface area contributed by atoms with Crippen LogP contribution in [0.4, 0.5) is 0 Å². The fourth-order valence-corrected chi connectivity index (χ4v) is 4.14. The zero-order valence-corrected chi connectivity index (χ0v) is 16.0. The summed E-state index contributed by atoms with van der Waals surface area (Å²) in [5, 5.41) is 3.49. The van der Waals surface area contributed by atoms with Gasteiger partial charge in [-0.05, 0) is 44.4 Å². The number of hydrogen-bond acceptors (Lipinski definition) is 4. The van der Waals surface area contributed by atoms with E-state index in [1.165, 1.54) is 19.3 Å². The predicted molar refractivity (Wildman–Crippen MR) is 99.0 cm³/mol. The van der Waals surface area contributed by atoms with Crippen LogP contribution in [0, 0.1) is 5.41 Å². The molecule has 6 nitrogen and oxygen atoms in total. The fraction of sp³-hybridized carbons (Fsp3) is 0.947. The normalized spacial score (nSPS) is 29.5. The predicted octanol–water partition coefficient (Wildman–Crippen LogP) is 2.04. The van der Waals surface area contributed by atoms with Gasteiger partial charge in [-0.3, -0.25) is 4.99 Å². The van der Waals surface area contributed by atoms with Gasteiger partial charge in [0.05, 0.1) is 12.7 Å². The van der Waals surface area contributed by atoms with Gasteiger partial charge < -0.3 is 24.4 Å². The Morgan fingerprint density at radius 3 is 2.72 bits per heavy atom. The molecule has 2 heterocycles. The second kappa shape index (κ2) is 9.19. The molecule has 2 saturated heterocycles. The summed E-state index contributed by atoms with van der Waals surface area (Å²) in [6.07, 6.45) is 7.70. The maximum Gasteiger partial charge on any atom is 0.194 e. The van der Waals surface area contributed by atoms with E-state index in [2.05, 4.69) is 17.1 Å². The quantitative estimate of drug-likeness (QED) is 0.561. The lowest BCUT2D eigenvalue weighted by molar-refractivity contribution is -0.0817. The Balaban J connectivity index is 1.60. The molecular formula is C19H35N3O3. The highest BCUT2D eigenvalue weighted by molar-refractivity contribution is 5.80. The van der Waals surface area contributed by atoms with Gasteiger partial charge in [0, 0.05) is 46.5 Å². The number of ether oxygens (including phenoxy) is 3. The lowest BCUT2D eigenvalue weighted by Crippen LogP contribution is -2.53. The molecule has 25 heavy (non-hydrogen) atoms. The third kappa shape index (κ3) is 4.86. The van der Waals surface area contributed by atoms with Gasteiger partial charge in [-0.15, -0.1) is 0 Å². The van der Waals surface area contributed by atoms with Gasteiger partial charge in [0.2, 0.25) is 0 Å². The molecule has 0 aromatic heterocycles. The third-order valence-electron chi connectivity index (χ3n) is 5.92. The molecule has 0 amide bonds. The highest BCUT2D eigenvalue weighted by atomic mass is 16.5. The third-order valence-corrected chi connectivity index (χ3v) is 5.92. The Hall–Kier alpha value is -0.850. The van der Waals surface area contributed by atoms with Gasteiger partial charge in [-0.2, -0.15) is 0 Å². The minimum atomic E-state index is 0.172. The minimum Gasteiger partial charge on any atom is -0.385 e. The molecular weight excluding hydrogens is 318 g/mol. The number of guanidine groups is 1. The van der Waals surface area contributed by atoms with E-state index < -0.39 is 0 Å². The van der Waals surface area contributed by atoms with Crippen LogP contribution in [-0.4, -0.2) is 76.2 Å². The number of methoxy groups -OCH3 is 1. The Bertz CT molecular complexity index is 434. The monoisotopic (exact) mass is 353 g/mol. The molecule has 144 valence electrons. The van der Waals surface area contributed by atoms with Crippen LogP contribution in [0.15, 0.2) is 4.99 Å². The van der Waals surface area contributed by atoms with Crippen LogP contribution in [0.1, 0.15) is 45.4 Å². The molecule has 6 heteroatoms. The number of hydrogen-bond donors (Lipinski definition) is 1. The van der Waals surface area contributed by atoms with Crippen molar-refractivity contribution in [1.29, 1.82) is 0 Å². The zero-order chi connectivity index (χ0) is 17.5. The summed E-state index contributed by atoms with van der Waals surface area (Å²) in [6.45, 7) is 8.18. The van der Waals surface area contributed by atoms with E-state index in [9.17, 15) is 0 Å². The van der Waals surface area contributed by atoms with Crippen LogP contribution >= 0.6 is 0 Å². The molecule has 2 atom stereocenters. The van der Waals surface area contributed by atoms with Crippen molar-refractivity contribution in [2.75, 3.05) is 53.1 Å². The standard InChI is InChI=1S/C19H35N3O3/c1-3-20-18(21-15-19(7-5-8-19)9-12-23-2)22-10-13-25-17(14-22)16-6-4-11-24-16/h16-17H,3-15H2,1-2H3,(H,20,21). The summed E-state index contributed by atoms with van der Waals surface area (Å²) < 4.78 is 17.1. The van der Waals surface area contributed by atoms with E-state index in [-0.39, 0.29) is 12.2 Å². The smallest absolute Gasteiger partial charge is 0.194 e. The number of nitrogens with zero attached hydrogens (tertiary/aromatic N) is 2. The number of morpholine rings is 1. The molecule has 0 aromatic rings. The van der Waals surface area contributed by atoms with Crippen LogP contribution < -0.4 is 5.32 Å². The fourth-order valence-electron chi connectivity index (χ4n) is 4.14. The van der Waals surface area contributed by atoms with Gasteiger partial charge in [-0.25, -0.2) is 0 Å². The van der Waals surface area contributed by atoms with Crippen LogP contribution in [0.3, 0.4) is 0 Å². The molecule has 1 N–H and O–H groups in total. The van der Waals surface area contributed by atoms with Crippen LogP contribution in [0.5, 0.6) is 0 Å². The van der Waals surface area contributed by atoms with Crippen LogP contribution in [0.25, 0.3) is 0 Å². The zero-order valence-electron chi connectivity index (χ0n) is 16.0. The van der Waals surface area contributed by atoms with Crippen molar-refractivity contribution in [3.8, 4) is 0 Å². The molecule has 3 aliphatic rings. The van der Waals surface area contributed by atoms with Crippen molar-refractivity contribution in [3.63, 3.8) is 0 Å². The molecule has 0 bridgehead atoms. The highest BCUT2D eigenvalue weighted by Crippen LogP contribution is 2.44. The lowest BCUT2D eigenvalue weighted by Gasteiger charge is -2.42. The molecule has 2 unspecified atom stereocenters. The van der Waals surface area contributed by atoms with Crippen molar-refractivity contribution < 1.29 is 14.2 Å². The largest absolute Gasteiger partial charge is 0.385 e. The van der Waals surface area contributed by atoms with Crippen molar-refractivity contribution in [3.05, 3.63) is 0 Å². The summed E-state index contributed by atoms with van der Waals surface area (Å²) in [5.74, 6) is 1.04. The van der Waals surface area contributed by atoms with Gasteiger partial charge in [0.25, 0.3) is 0 Å². The van der Waals surface area contributed by atoms with Crippen molar-refractivity contribution >= 4 is 5.96 Å². The lowest BCUT2D eigenvalue weighted by atomic mass is 9.67. The Morgan fingerprint density at radius 1 is 1.24 bits per heavy atom. The highest BCUT2D eigenvalue weighted by Gasteiger charge is 2.37. The SMILES string of the molecule is CCNC(=NCC1(CCOC)CCC1)N1CCOC(C2CCCO2)C1. The Morgan fingerprint density at radius 2 is 2.08 bits per heavy atom. The first kappa shape index (κ1) is 18.9. The van der Waals surface area contributed by atoms with E-state index in [0.717, 1.165) is 71.2 Å². The molecule has 0 radical (unpaired) electrons. The minimum absolute atomic E-state index is 0.172. The number of rotatable bonds is 7.